The normalized spacial score (nSPS) is 13.4. The molecule has 0 aromatic heterocycles. The molecule has 9 nitrogen and oxygen atoms in total. The second kappa shape index (κ2) is 5.82. The summed E-state index contributed by atoms with van der Waals surface area (Å²) in [4.78, 5) is 12.3. The first-order valence-corrected chi connectivity index (χ1v) is 4.81. The summed E-state index contributed by atoms with van der Waals surface area (Å²) in [6.45, 7) is -0.421. The number of hydrogen-bond donors (Lipinski definition) is 3. The van der Waals surface area contributed by atoms with Gasteiger partial charge in [-0.3, -0.25) is 10.1 Å². The van der Waals surface area contributed by atoms with E-state index in [1.807, 2.05) is 0 Å². The number of aromatic hydroxyl groups is 1. The van der Waals surface area contributed by atoms with Crippen LogP contribution in [0.2, 0.25) is 0 Å². The highest BCUT2D eigenvalue weighted by molar-refractivity contribution is 5.47. The Morgan fingerprint density at radius 3 is 2.72 bits per heavy atom. The lowest BCUT2D eigenvalue weighted by Gasteiger charge is -2.16. The third kappa shape index (κ3) is 3.08. The first-order chi connectivity index (χ1) is 8.47. The molecule has 0 bridgehead atoms. The highest BCUT2D eigenvalue weighted by Gasteiger charge is 2.26. The van der Waals surface area contributed by atoms with Gasteiger partial charge in [0.25, 0.3) is 5.69 Å². The molecule has 0 heterocycles. The van der Waals surface area contributed by atoms with Gasteiger partial charge < -0.3 is 15.3 Å². The number of nitro groups is 1. The fourth-order valence-corrected chi connectivity index (χ4v) is 1.37. The number of azide groups is 1. The summed E-state index contributed by atoms with van der Waals surface area (Å²) in [5.41, 5.74) is 7.38. The van der Waals surface area contributed by atoms with Gasteiger partial charge in [-0.1, -0.05) is 5.11 Å². The molecule has 0 fully saturated rings. The molecule has 3 N–H and O–H groups in total. The summed E-state index contributed by atoms with van der Waals surface area (Å²) in [5.74, 6) is -0.331. The van der Waals surface area contributed by atoms with Gasteiger partial charge in [0.1, 0.15) is 11.9 Å². The number of phenols is 1. The van der Waals surface area contributed by atoms with Gasteiger partial charge in [0, 0.05) is 4.91 Å². The number of aliphatic hydroxyl groups is 2. The first-order valence-electron chi connectivity index (χ1n) is 4.81. The van der Waals surface area contributed by atoms with E-state index in [4.69, 9.17) is 10.6 Å². The average Bonchev–Trinajstić information content (AvgIpc) is 2.34. The molecule has 9 heteroatoms. The second-order valence-electron chi connectivity index (χ2n) is 3.43. The smallest absolute Gasteiger partial charge is 0.278 e. The number of hydrogen-bond acceptors (Lipinski definition) is 6. The van der Waals surface area contributed by atoms with E-state index in [0.717, 1.165) is 18.2 Å². The van der Waals surface area contributed by atoms with Crippen LogP contribution in [0.4, 0.5) is 5.69 Å². The topological polar surface area (TPSA) is 153 Å². The van der Waals surface area contributed by atoms with Crippen LogP contribution in [0.5, 0.6) is 5.75 Å². The number of aliphatic hydroxyl groups excluding tert-OH is 2. The zero-order valence-electron chi connectivity index (χ0n) is 9.04. The second-order valence-corrected chi connectivity index (χ2v) is 3.43. The number of rotatable bonds is 5. The molecule has 0 spiro atoms. The maximum absolute atomic E-state index is 10.7. The van der Waals surface area contributed by atoms with E-state index in [9.17, 15) is 20.3 Å². The van der Waals surface area contributed by atoms with E-state index in [0.29, 0.717) is 0 Å². The van der Waals surface area contributed by atoms with E-state index in [1.165, 1.54) is 0 Å². The minimum absolute atomic E-state index is 0.168. The molecule has 0 saturated carbocycles. The van der Waals surface area contributed by atoms with Crippen LogP contribution >= 0.6 is 0 Å². The predicted octanol–water partition coefficient (Wildman–Crippen LogP) is 1.00. The van der Waals surface area contributed by atoms with Crippen molar-refractivity contribution in [2.45, 2.75) is 12.2 Å². The fourth-order valence-electron chi connectivity index (χ4n) is 1.37. The van der Waals surface area contributed by atoms with Crippen LogP contribution in [0, 0.1) is 10.1 Å². The molecule has 0 radical (unpaired) electrons. The van der Waals surface area contributed by atoms with Gasteiger partial charge in [0.15, 0.2) is 0 Å². The predicted molar refractivity (Wildman–Crippen MR) is 59.7 cm³/mol. The van der Waals surface area contributed by atoms with Crippen molar-refractivity contribution in [2.75, 3.05) is 6.54 Å². The third-order valence-corrected chi connectivity index (χ3v) is 2.23. The van der Waals surface area contributed by atoms with Gasteiger partial charge in [0.2, 0.25) is 0 Å². The lowest BCUT2D eigenvalue weighted by Crippen LogP contribution is -2.21. The quantitative estimate of drug-likeness (QED) is 0.235. The molecule has 2 atom stereocenters. The van der Waals surface area contributed by atoms with Crippen molar-refractivity contribution in [2.24, 2.45) is 5.11 Å². The van der Waals surface area contributed by atoms with Crippen molar-refractivity contribution >= 4 is 5.69 Å². The lowest BCUT2D eigenvalue weighted by molar-refractivity contribution is -0.386. The molecule has 0 aliphatic carbocycles. The van der Waals surface area contributed by atoms with Crippen LogP contribution in [0.25, 0.3) is 10.4 Å². The highest BCUT2D eigenvalue weighted by atomic mass is 16.6. The Labute approximate surface area is 101 Å². The van der Waals surface area contributed by atoms with Gasteiger partial charge in [-0.2, -0.15) is 0 Å². The van der Waals surface area contributed by atoms with Crippen LogP contribution in [0.3, 0.4) is 0 Å². The maximum Gasteiger partial charge on any atom is 0.278 e. The van der Waals surface area contributed by atoms with Crippen molar-refractivity contribution in [3.05, 3.63) is 44.3 Å². The summed E-state index contributed by atoms with van der Waals surface area (Å²) in [6.07, 6.45) is -3.05. The highest BCUT2D eigenvalue weighted by Crippen LogP contribution is 2.30. The van der Waals surface area contributed by atoms with Crippen LogP contribution < -0.4 is 0 Å². The Bertz CT molecular complexity index is 500. The lowest BCUT2D eigenvalue weighted by atomic mass is 10.0. The van der Waals surface area contributed by atoms with Gasteiger partial charge in [0.05, 0.1) is 29.2 Å². The third-order valence-electron chi connectivity index (χ3n) is 2.23. The Hall–Kier alpha value is -2.35. The Morgan fingerprint density at radius 2 is 2.17 bits per heavy atom. The first kappa shape index (κ1) is 13.7. The molecule has 0 aliphatic heterocycles. The van der Waals surface area contributed by atoms with E-state index < -0.39 is 29.4 Å². The molecular formula is C9H10N4O5. The molecule has 0 amide bonds. The number of nitro benzene ring substituents is 1. The molecule has 96 valence electrons. The van der Waals surface area contributed by atoms with Gasteiger partial charge in [-0.25, -0.2) is 0 Å². The SMILES string of the molecule is [N-]=[N+]=NCC(O)C(O)c1ccc(O)cc1[N+](=O)[O-]. The zero-order chi connectivity index (χ0) is 13.7. The summed E-state index contributed by atoms with van der Waals surface area (Å²) in [5, 5.41) is 42.1. The molecular weight excluding hydrogens is 244 g/mol. The van der Waals surface area contributed by atoms with Crippen LogP contribution in [-0.2, 0) is 0 Å². The summed E-state index contributed by atoms with van der Waals surface area (Å²) in [7, 11) is 0. The van der Waals surface area contributed by atoms with Crippen LogP contribution in [0.15, 0.2) is 23.3 Å². The van der Waals surface area contributed by atoms with E-state index in [-0.39, 0.29) is 11.3 Å². The van der Waals surface area contributed by atoms with Crippen molar-refractivity contribution in [3.63, 3.8) is 0 Å². The minimum Gasteiger partial charge on any atom is -0.508 e. The number of benzene rings is 1. The van der Waals surface area contributed by atoms with Crippen LogP contribution in [0.1, 0.15) is 11.7 Å². The van der Waals surface area contributed by atoms with E-state index in [2.05, 4.69) is 10.0 Å². The van der Waals surface area contributed by atoms with Gasteiger partial charge in [-0.05, 0) is 17.7 Å². The fraction of sp³-hybridized carbons (Fsp3) is 0.333. The molecule has 1 rings (SSSR count). The Balaban J connectivity index is 3.08. The largest absolute Gasteiger partial charge is 0.508 e. The Kier molecular flexibility index (Phi) is 4.44. The number of nitrogens with zero attached hydrogens (tertiary/aromatic N) is 4. The van der Waals surface area contributed by atoms with E-state index in [1.54, 1.807) is 0 Å². The van der Waals surface area contributed by atoms with Crippen molar-refractivity contribution in [1.29, 1.82) is 0 Å². The molecule has 2 unspecified atom stereocenters. The molecule has 18 heavy (non-hydrogen) atoms. The molecule has 1 aromatic carbocycles. The summed E-state index contributed by atoms with van der Waals surface area (Å²) in [6, 6.07) is 3.13. The molecule has 0 saturated heterocycles. The average molecular weight is 254 g/mol. The molecule has 1 aromatic rings. The van der Waals surface area contributed by atoms with Crippen molar-refractivity contribution in [3.8, 4) is 5.75 Å². The van der Waals surface area contributed by atoms with Crippen molar-refractivity contribution < 1.29 is 20.2 Å². The van der Waals surface area contributed by atoms with Gasteiger partial charge >= 0.3 is 0 Å². The Morgan fingerprint density at radius 1 is 1.50 bits per heavy atom. The monoisotopic (exact) mass is 254 g/mol. The summed E-state index contributed by atoms with van der Waals surface area (Å²) >= 11 is 0. The number of phenolic OH excluding ortho intramolecular Hbond substituents is 1. The maximum atomic E-state index is 10.7. The zero-order valence-corrected chi connectivity index (χ0v) is 9.04. The van der Waals surface area contributed by atoms with Crippen molar-refractivity contribution in [1.82, 2.24) is 0 Å². The standard InChI is InChI=1S/C9H10N4O5/c10-12-11-4-8(15)9(16)6-2-1-5(14)3-7(6)13(17)18/h1-3,8-9,14-16H,4H2. The molecule has 0 aliphatic rings. The van der Waals surface area contributed by atoms with E-state index >= 15 is 0 Å². The minimum atomic E-state index is -1.59. The summed E-state index contributed by atoms with van der Waals surface area (Å²) < 4.78 is 0. The van der Waals surface area contributed by atoms with Gasteiger partial charge in [-0.15, -0.1) is 0 Å². The van der Waals surface area contributed by atoms with Crippen LogP contribution in [-0.4, -0.2) is 32.9 Å².